The highest BCUT2D eigenvalue weighted by atomic mass is 16.5. The van der Waals surface area contributed by atoms with Crippen molar-refractivity contribution < 1.29 is 19.1 Å². The Morgan fingerprint density at radius 1 is 1.08 bits per heavy atom. The van der Waals surface area contributed by atoms with E-state index in [0.717, 1.165) is 5.69 Å². The van der Waals surface area contributed by atoms with E-state index in [1.807, 2.05) is 30.3 Å². The highest BCUT2D eigenvalue weighted by Gasteiger charge is 2.38. The van der Waals surface area contributed by atoms with Crippen molar-refractivity contribution in [3.8, 4) is 0 Å². The molecule has 7 heteroatoms. The van der Waals surface area contributed by atoms with Crippen LogP contribution in [0.25, 0.3) is 0 Å². The van der Waals surface area contributed by atoms with Crippen molar-refractivity contribution in [2.24, 2.45) is 5.92 Å². The van der Waals surface area contributed by atoms with E-state index in [0.29, 0.717) is 32.7 Å². The van der Waals surface area contributed by atoms with Crippen LogP contribution in [0.3, 0.4) is 0 Å². The van der Waals surface area contributed by atoms with Gasteiger partial charge in [-0.25, -0.2) is 0 Å². The van der Waals surface area contributed by atoms with Crippen molar-refractivity contribution in [2.45, 2.75) is 6.42 Å². The monoisotopic (exact) mass is 345 g/mol. The number of carbonyl (C=O) groups excluding carboxylic acids is 3. The Bertz CT molecular complexity index is 641. The lowest BCUT2D eigenvalue weighted by atomic mass is 10.1. The fraction of sp³-hybridized carbons (Fsp3) is 0.500. The molecule has 0 spiro atoms. The van der Waals surface area contributed by atoms with Crippen LogP contribution in [-0.4, -0.2) is 74.0 Å². The number of anilines is 1. The largest absolute Gasteiger partial charge is 0.375 e. The van der Waals surface area contributed by atoms with Gasteiger partial charge in [0.15, 0.2) is 0 Å². The third-order valence-electron chi connectivity index (χ3n) is 4.75. The maximum atomic E-state index is 12.7. The summed E-state index contributed by atoms with van der Waals surface area (Å²) < 4.78 is 4.86. The standard InChI is InChI=1S/C18H23N3O4/c1-25-13-17(23)19-7-9-20(10-8-19)18(24)14-11-16(22)21(12-14)15-5-3-2-4-6-15/h2-6,14H,7-13H2,1H3. The fourth-order valence-electron chi connectivity index (χ4n) is 3.38. The van der Waals surface area contributed by atoms with Crippen LogP contribution >= 0.6 is 0 Å². The molecule has 2 aliphatic heterocycles. The molecule has 1 aromatic rings. The molecule has 0 aromatic heterocycles. The van der Waals surface area contributed by atoms with E-state index in [1.54, 1.807) is 14.7 Å². The lowest BCUT2D eigenvalue weighted by Gasteiger charge is -2.35. The number of para-hydroxylation sites is 1. The molecule has 0 saturated carbocycles. The summed E-state index contributed by atoms with van der Waals surface area (Å²) in [5.74, 6) is -0.376. The van der Waals surface area contributed by atoms with E-state index in [4.69, 9.17) is 4.74 Å². The molecule has 1 aromatic carbocycles. The van der Waals surface area contributed by atoms with Crippen molar-refractivity contribution >= 4 is 23.4 Å². The first-order valence-corrected chi connectivity index (χ1v) is 8.51. The maximum absolute atomic E-state index is 12.7. The van der Waals surface area contributed by atoms with E-state index in [-0.39, 0.29) is 36.7 Å². The fourth-order valence-corrected chi connectivity index (χ4v) is 3.38. The molecule has 0 aliphatic carbocycles. The van der Waals surface area contributed by atoms with Gasteiger partial charge in [0.25, 0.3) is 0 Å². The summed E-state index contributed by atoms with van der Waals surface area (Å²) >= 11 is 0. The van der Waals surface area contributed by atoms with Gasteiger partial charge in [0.05, 0.1) is 5.92 Å². The van der Waals surface area contributed by atoms with Gasteiger partial charge < -0.3 is 19.4 Å². The van der Waals surface area contributed by atoms with Crippen LogP contribution < -0.4 is 4.90 Å². The summed E-state index contributed by atoms with van der Waals surface area (Å²) in [5.41, 5.74) is 0.831. The van der Waals surface area contributed by atoms with Gasteiger partial charge in [-0.3, -0.25) is 14.4 Å². The molecule has 7 nitrogen and oxygen atoms in total. The first-order valence-electron chi connectivity index (χ1n) is 8.51. The number of rotatable bonds is 4. The van der Waals surface area contributed by atoms with E-state index in [9.17, 15) is 14.4 Å². The van der Waals surface area contributed by atoms with Crippen LogP contribution in [0, 0.1) is 5.92 Å². The van der Waals surface area contributed by atoms with Crippen molar-refractivity contribution in [1.82, 2.24) is 9.80 Å². The number of amides is 3. The molecule has 1 unspecified atom stereocenters. The quantitative estimate of drug-likeness (QED) is 0.790. The van der Waals surface area contributed by atoms with Gasteiger partial charge in [-0.15, -0.1) is 0 Å². The van der Waals surface area contributed by atoms with Crippen molar-refractivity contribution in [1.29, 1.82) is 0 Å². The lowest BCUT2D eigenvalue weighted by Crippen LogP contribution is -2.52. The van der Waals surface area contributed by atoms with Crippen LogP contribution in [0.1, 0.15) is 6.42 Å². The third-order valence-corrected chi connectivity index (χ3v) is 4.75. The molecule has 3 amide bonds. The predicted molar refractivity (Wildman–Crippen MR) is 91.9 cm³/mol. The van der Waals surface area contributed by atoms with E-state index in [1.165, 1.54) is 7.11 Å². The number of methoxy groups -OCH3 is 1. The summed E-state index contributed by atoms with van der Waals surface area (Å²) in [5, 5.41) is 0. The minimum atomic E-state index is -0.311. The number of benzene rings is 1. The second-order valence-electron chi connectivity index (χ2n) is 6.38. The molecule has 1 atom stereocenters. The Kier molecular flexibility index (Phi) is 5.33. The predicted octanol–water partition coefficient (Wildman–Crippen LogP) is 0.357. The summed E-state index contributed by atoms with van der Waals surface area (Å²) in [6, 6.07) is 9.43. The van der Waals surface area contributed by atoms with Gasteiger partial charge in [0, 0.05) is 51.9 Å². The first-order chi connectivity index (χ1) is 12.1. The van der Waals surface area contributed by atoms with Crippen LogP contribution in [0.5, 0.6) is 0 Å². The van der Waals surface area contributed by atoms with Gasteiger partial charge >= 0.3 is 0 Å². The van der Waals surface area contributed by atoms with Crippen molar-refractivity contribution in [3.63, 3.8) is 0 Å². The normalized spacial score (nSPS) is 20.9. The first kappa shape index (κ1) is 17.4. The minimum absolute atomic E-state index is 0.00521. The Morgan fingerprint density at radius 3 is 2.36 bits per heavy atom. The molecule has 3 rings (SSSR count). The average Bonchev–Trinajstić information content (AvgIpc) is 3.04. The molecular weight excluding hydrogens is 322 g/mol. The topological polar surface area (TPSA) is 70.2 Å². The number of hydrogen-bond donors (Lipinski definition) is 0. The summed E-state index contributed by atoms with van der Waals surface area (Å²) in [6.07, 6.45) is 0.247. The number of ether oxygens (including phenoxy) is 1. The highest BCUT2D eigenvalue weighted by Crippen LogP contribution is 2.26. The second-order valence-corrected chi connectivity index (χ2v) is 6.38. The van der Waals surface area contributed by atoms with E-state index < -0.39 is 0 Å². The molecule has 134 valence electrons. The number of hydrogen-bond acceptors (Lipinski definition) is 4. The van der Waals surface area contributed by atoms with Crippen LogP contribution in [0.15, 0.2) is 30.3 Å². The van der Waals surface area contributed by atoms with Gasteiger partial charge in [-0.2, -0.15) is 0 Å². The Morgan fingerprint density at radius 2 is 1.72 bits per heavy atom. The zero-order valence-electron chi connectivity index (χ0n) is 14.4. The van der Waals surface area contributed by atoms with Gasteiger partial charge in [0.1, 0.15) is 6.61 Å². The molecule has 2 fully saturated rings. The molecule has 2 aliphatic rings. The summed E-state index contributed by atoms with van der Waals surface area (Å²) in [6.45, 7) is 2.52. The zero-order valence-corrected chi connectivity index (χ0v) is 14.4. The summed E-state index contributed by atoms with van der Waals surface area (Å²) in [4.78, 5) is 42.0. The average molecular weight is 345 g/mol. The number of piperazine rings is 1. The number of nitrogens with zero attached hydrogens (tertiary/aromatic N) is 3. The molecule has 0 radical (unpaired) electrons. The number of carbonyl (C=O) groups is 3. The smallest absolute Gasteiger partial charge is 0.248 e. The Hall–Kier alpha value is -2.41. The molecule has 0 N–H and O–H groups in total. The third kappa shape index (κ3) is 3.82. The highest BCUT2D eigenvalue weighted by molar-refractivity contribution is 6.00. The minimum Gasteiger partial charge on any atom is -0.375 e. The zero-order chi connectivity index (χ0) is 17.8. The van der Waals surface area contributed by atoms with Gasteiger partial charge in [-0.05, 0) is 12.1 Å². The maximum Gasteiger partial charge on any atom is 0.248 e. The molecule has 25 heavy (non-hydrogen) atoms. The van der Waals surface area contributed by atoms with Crippen molar-refractivity contribution in [2.75, 3.05) is 51.3 Å². The van der Waals surface area contributed by atoms with E-state index in [2.05, 4.69) is 0 Å². The van der Waals surface area contributed by atoms with Crippen molar-refractivity contribution in [3.05, 3.63) is 30.3 Å². The second kappa shape index (κ2) is 7.65. The van der Waals surface area contributed by atoms with Gasteiger partial charge in [-0.1, -0.05) is 18.2 Å². The van der Waals surface area contributed by atoms with Crippen LogP contribution in [0.4, 0.5) is 5.69 Å². The Balaban J connectivity index is 1.56. The van der Waals surface area contributed by atoms with Gasteiger partial charge in [0.2, 0.25) is 17.7 Å². The lowest BCUT2D eigenvalue weighted by molar-refractivity contribution is -0.143. The Labute approximate surface area is 147 Å². The SMILES string of the molecule is COCC(=O)N1CCN(C(=O)C2CC(=O)N(c3ccccc3)C2)CC1. The van der Waals surface area contributed by atoms with Crippen LogP contribution in [0.2, 0.25) is 0 Å². The molecule has 0 bridgehead atoms. The summed E-state index contributed by atoms with van der Waals surface area (Å²) in [7, 11) is 1.49. The van der Waals surface area contributed by atoms with Crippen LogP contribution in [-0.2, 0) is 19.1 Å². The molecule has 2 heterocycles. The molecule has 2 saturated heterocycles. The van der Waals surface area contributed by atoms with E-state index >= 15 is 0 Å². The molecular formula is C18H23N3O4.